The largest absolute Gasteiger partial charge is 0.490 e. The van der Waals surface area contributed by atoms with E-state index < -0.39 is 258 Å². The van der Waals surface area contributed by atoms with E-state index >= 15 is 22.0 Å². The Hall–Kier alpha value is -5.03. The number of H-pyrrole nitrogens is 1. The van der Waals surface area contributed by atoms with Crippen LogP contribution in [0.2, 0.25) is 0 Å². The van der Waals surface area contributed by atoms with Gasteiger partial charge in [0.2, 0.25) is 5.67 Å². The van der Waals surface area contributed by atoms with Crippen molar-refractivity contribution < 1.29 is 281 Å². The highest BCUT2D eigenvalue weighted by Crippen LogP contribution is 2.71. The number of aromatic nitrogens is 2. The molecule has 744 valence electrons. The molecular formula is C48H74F6N8O56P12. The second-order valence-corrected chi connectivity index (χ2v) is 43.0. The monoisotopic (exact) mass is 2140 g/mol. The van der Waals surface area contributed by atoms with Crippen LogP contribution in [0.1, 0.15) is 27.0 Å². The van der Waals surface area contributed by atoms with E-state index in [9.17, 15) is 138 Å². The molecule has 8 unspecified atom stereocenters. The molecule has 130 heavy (non-hydrogen) atoms. The van der Waals surface area contributed by atoms with Crippen LogP contribution >= 0.6 is 93.9 Å². The number of alkyl halides is 6. The standard InChI is InChI=1S/C13H17F2N2O13P3.C12H18FN2O14P3.C11H17F2N2O14P3.C11H18FN2O15P3.CH4/c1-3-5-12(14)10(19)13(15,28-11(12)17-6-4-9(18)16-8(17)2)7-27-32(23,24)30-33(25,26)29-31(20,21)22;1-3-11(18)9(17)12(13,27-10(11)15-5-4-8(16)14-7(15)2)6-26-31(22,23)29-32(24,25)28-30(19,20)21;1-6-14-7(16)2-3-15(6)9-10(18,4-12)8(17)11(13,27-9)5-26-31(22,23)29-32(24,25)28-30(19,20)21;1-2-10(18)7(16)11(12,27-8(10)14-4-3-6(15)13-9(14)17)5-26-31(22,23)29-32(24,25)28-30(19,20)21;/h4-6,10-11,19H,1-2,7H2,(H,16,18)(H,23,24)(H,25,26)(H2,20,21,22);3-5,9-10,17-18H,1-2,6H2,(H,14,16)(H,22,23)(H,24,25)(H2,19,20,21);2-3,8-9,17-18H,1,4-5H2,(H,14,16)(H,22,23)(H,24,25)(H2,19,20,21);3-4,7-8,16,18H,2,5H2,1H3,(H,22,23)(H,24,25)(H,13,15,17)(H2,19,20,21);1H4/t10-,11+,12+,13+;9-,10+,11+,12+;8-,9+,10+,11+;7-,8+,10+,11+;/m0000./s1. The molecule has 0 spiro atoms. The number of phosphoric acid groups is 12. The Kier molecular flexibility index (Phi) is 37.6. The molecule has 3 amide bonds. The van der Waals surface area contributed by atoms with Gasteiger partial charge < -0.3 is 164 Å². The third-order valence-corrected chi connectivity index (χ3v) is 31.0. The molecule has 4 saturated heterocycles. The smallest absolute Gasteiger partial charge is 0.384 e. The number of phosphoric ester groups is 4. The normalized spacial score (nSPS) is 33.6. The predicted octanol–water partition coefficient (Wildman–Crippen LogP) is -2.73. The first-order valence-electron chi connectivity index (χ1n) is 32.3. The summed E-state index contributed by atoms with van der Waals surface area (Å²) in [6, 6.07) is 0.817. The van der Waals surface area contributed by atoms with Crippen molar-refractivity contribution in [1.82, 2.24) is 40.2 Å². The third kappa shape index (κ3) is 30.7. The quantitative estimate of drug-likeness (QED) is 0.0140. The summed E-state index contributed by atoms with van der Waals surface area (Å²) in [5.74, 6) is -17.2. The highest BCUT2D eigenvalue weighted by molar-refractivity contribution is 7.68. The lowest BCUT2D eigenvalue weighted by Gasteiger charge is -2.37. The summed E-state index contributed by atoms with van der Waals surface area (Å²) < 4.78 is 289. The molecule has 64 nitrogen and oxygen atoms in total. The number of aliphatic hydroxyl groups excluding tert-OH is 4. The van der Waals surface area contributed by atoms with Crippen molar-refractivity contribution in [3.05, 3.63) is 138 Å². The summed E-state index contributed by atoms with van der Waals surface area (Å²) in [4.78, 5) is 203. The first kappa shape index (κ1) is 117. The number of ether oxygens (including phenoxy) is 4. The molecule has 8 heterocycles. The zero-order valence-corrected chi connectivity index (χ0v) is 73.6. The number of nitrogens with zero attached hydrogens (tertiary/aromatic N) is 4. The average Bonchev–Trinajstić information content (AvgIpc) is 1.59. The third-order valence-electron chi connectivity index (χ3n) is 15.8. The minimum absolute atomic E-state index is 0. The molecule has 8 rings (SSSR count). The van der Waals surface area contributed by atoms with Gasteiger partial charge in [0, 0.05) is 55.2 Å². The minimum Gasteiger partial charge on any atom is -0.384 e. The van der Waals surface area contributed by atoms with Crippen molar-refractivity contribution in [2.75, 3.05) is 33.1 Å². The fourth-order valence-corrected chi connectivity index (χ4v) is 22.7. The van der Waals surface area contributed by atoms with Gasteiger partial charge in [-0.05, 0) is 6.42 Å². The first-order valence-corrected chi connectivity index (χ1v) is 50.4. The Bertz CT molecular complexity index is 5400. The van der Waals surface area contributed by atoms with E-state index in [0.29, 0.717) is 16.7 Å². The van der Waals surface area contributed by atoms with Crippen LogP contribution in [0.4, 0.5) is 26.3 Å². The summed E-state index contributed by atoms with van der Waals surface area (Å²) >= 11 is 0. The van der Waals surface area contributed by atoms with E-state index in [4.69, 9.17) is 77.7 Å². The van der Waals surface area contributed by atoms with Crippen LogP contribution < -0.4 is 27.2 Å². The van der Waals surface area contributed by atoms with Crippen molar-refractivity contribution in [2.45, 2.75) is 116 Å². The van der Waals surface area contributed by atoms with Crippen LogP contribution in [-0.4, -0.2) is 278 Å². The summed E-state index contributed by atoms with van der Waals surface area (Å²) in [6.07, 6.45) is -11.8. The fourth-order valence-electron chi connectivity index (χ4n) is 10.6. The molecule has 0 aliphatic carbocycles. The van der Waals surface area contributed by atoms with E-state index in [1.807, 2.05) is 5.73 Å². The minimum atomic E-state index is -5.92. The Morgan fingerprint density at radius 2 is 0.731 bits per heavy atom. The molecule has 7 aliphatic rings. The molecule has 7 aliphatic heterocycles. The van der Waals surface area contributed by atoms with Crippen LogP contribution in [0.25, 0.3) is 0 Å². The molecule has 1 aromatic rings. The summed E-state index contributed by atoms with van der Waals surface area (Å²) in [7, 11) is -69.5. The van der Waals surface area contributed by atoms with Crippen molar-refractivity contribution in [3.63, 3.8) is 0 Å². The number of nitrogens with one attached hydrogen (secondary N) is 4. The maximum atomic E-state index is 15.6. The van der Waals surface area contributed by atoms with Gasteiger partial charge in [-0.25, -0.2) is 85.9 Å². The molecule has 1 aromatic heterocycles. The molecule has 0 saturated carbocycles. The lowest BCUT2D eigenvalue weighted by molar-refractivity contribution is -0.207. The molecule has 0 radical (unpaired) electrons. The second kappa shape index (κ2) is 41.7. The van der Waals surface area contributed by atoms with Gasteiger partial charge in [0.15, 0.2) is 54.4 Å². The average molecular weight is 2140 g/mol. The Labute approximate surface area is 717 Å². The fraction of sp³-hybridized carbons (Fsp3) is 0.500. The number of carbonyl (C=O) groups is 3. The van der Waals surface area contributed by atoms with E-state index in [2.05, 4.69) is 101 Å². The lowest BCUT2D eigenvalue weighted by atomic mass is 9.90. The van der Waals surface area contributed by atoms with E-state index in [1.54, 1.807) is 4.98 Å². The van der Waals surface area contributed by atoms with Crippen molar-refractivity contribution in [3.8, 4) is 0 Å². The lowest BCUT2D eigenvalue weighted by Crippen LogP contribution is -2.57. The van der Waals surface area contributed by atoms with Gasteiger partial charge in [0.05, 0.1) is 0 Å². The number of halogens is 6. The number of hydrogen-bond acceptors (Lipinski definition) is 43. The number of aromatic amines is 1. The van der Waals surface area contributed by atoms with Gasteiger partial charge in [-0.2, -0.15) is 34.5 Å². The molecule has 27 N–H and O–H groups in total. The zero-order valence-electron chi connectivity index (χ0n) is 62.9. The van der Waals surface area contributed by atoms with Crippen LogP contribution in [0.15, 0.2) is 127 Å². The Morgan fingerprint density at radius 1 is 0.446 bits per heavy atom. The highest BCUT2D eigenvalue weighted by atomic mass is 31.3. The van der Waals surface area contributed by atoms with E-state index in [-0.39, 0.29) is 24.9 Å². The number of hydrogen-bond donors (Lipinski definition) is 27. The molecule has 4 fully saturated rings. The predicted molar refractivity (Wildman–Crippen MR) is 395 cm³/mol. The van der Waals surface area contributed by atoms with Crippen molar-refractivity contribution in [1.29, 1.82) is 0 Å². The molecule has 0 bridgehead atoms. The van der Waals surface area contributed by atoms with Crippen molar-refractivity contribution >= 4 is 112 Å². The second-order valence-electron chi connectivity index (χ2n) is 25.3. The maximum absolute atomic E-state index is 15.6. The number of aliphatic hydroxyl groups is 7. The van der Waals surface area contributed by atoms with Crippen molar-refractivity contribution in [2.24, 2.45) is 0 Å². The molecule has 24 atom stereocenters. The van der Waals surface area contributed by atoms with Gasteiger partial charge in [-0.1, -0.05) is 53.3 Å². The first-order chi connectivity index (χ1) is 57.9. The molecule has 82 heteroatoms. The zero-order chi connectivity index (χ0) is 99.7. The number of rotatable bonds is 36. The van der Waals surface area contributed by atoms with Gasteiger partial charge >= 0.3 is 99.6 Å². The Morgan fingerprint density at radius 3 is 1.02 bits per heavy atom. The van der Waals surface area contributed by atoms with E-state index in [1.165, 1.54) is 6.92 Å². The molecular weight excluding hydrogens is 2070 g/mol. The van der Waals surface area contributed by atoms with Crippen LogP contribution in [0, 0.1) is 0 Å². The highest BCUT2D eigenvalue weighted by Gasteiger charge is 2.71. The van der Waals surface area contributed by atoms with Crippen LogP contribution in [0.3, 0.4) is 0 Å². The van der Waals surface area contributed by atoms with Gasteiger partial charge in [0.1, 0.15) is 62.3 Å². The summed E-state index contributed by atoms with van der Waals surface area (Å²) in [6.45, 7) is 8.88. The van der Waals surface area contributed by atoms with Gasteiger partial charge in [-0.3, -0.25) is 46.8 Å². The number of amides is 3. The van der Waals surface area contributed by atoms with Gasteiger partial charge in [0.25, 0.3) is 46.7 Å². The van der Waals surface area contributed by atoms with E-state index in [0.717, 1.165) is 63.8 Å². The summed E-state index contributed by atoms with van der Waals surface area (Å²) in [5.41, 5.74) is -11.4. The van der Waals surface area contributed by atoms with Crippen LogP contribution in [-0.2, 0) is 141 Å². The maximum Gasteiger partial charge on any atom is 0.490 e. The summed E-state index contributed by atoms with van der Waals surface area (Å²) in [5, 5.41) is 79.2. The molecule has 0 aromatic carbocycles. The van der Waals surface area contributed by atoms with Crippen LogP contribution in [0.5, 0.6) is 0 Å². The van der Waals surface area contributed by atoms with Gasteiger partial charge in [-0.15, -0.1) is 5.73 Å². The Balaban J connectivity index is 0.000000362. The SMILES string of the molecule is C.C=C1NC(=O)C=CN1[C@@H]1O[C@](F)(COP(=O)(O)OP(=O)(O)OP(=O)(O)O)[C@@H](O)[C@]1(O)CF.C=C=C[C@]1(F)[C@H](N2C=CC(=O)NC2=C)O[C@](F)(COP(=O)(O)OP(=O)(O)OP(=O)(O)O)[C@H]1O.C=C[C@]1(O)[C@H](N2C=CC(=O)NC2=C)O[C@](F)(COP(=O)(O)OP(=O)(O)OP(=O)(O)O)[C@H]1O.CC[C@]1(O)[C@H](n2ccc(=O)[nH]c2=O)O[C@](F)(COP(=O)(O)OP(=O)(O)OP(=O)(O)O)[C@H]1O. The number of carbonyl (C=O) groups excluding carboxylic acids is 3. The topological polar surface area (TPSA) is 970 Å².